The average molecular weight is 271 g/mol. The first kappa shape index (κ1) is 15.0. The topological polar surface area (TPSA) is 50.4 Å². The van der Waals surface area contributed by atoms with Gasteiger partial charge in [0.05, 0.1) is 19.1 Å². The van der Waals surface area contributed by atoms with Crippen molar-refractivity contribution in [3.63, 3.8) is 0 Å². The molecule has 0 spiro atoms. The largest absolute Gasteiger partial charge is 0.375 e. The van der Waals surface area contributed by atoms with Gasteiger partial charge in [-0.15, -0.1) is 12.4 Å². The smallest absolute Gasteiger partial charge is 0.227 e. The van der Waals surface area contributed by atoms with Crippen LogP contribution < -0.4 is 10.6 Å². The van der Waals surface area contributed by atoms with Crippen LogP contribution in [0.1, 0.15) is 12.0 Å². The third-order valence-corrected chi connectivity index (χ3v) is 2.84. The molecule has 1 aliphatic rings. The van der Waals surface area contributed by atoms with E-state index in [1.807, 2.05) is 31.2 Å². The summed E-state index contributed by atoms with van der Waals surface area (Å²) < 4.78 is 5.49. The normalized spacial score (nSPS) is 18.8. The Morgan fingerprint density at radius 3 is 2.94 bits per heavy atom. The van der Waals surface area contributed by atoms with Crippen molar-refractivity contribution in [1.82, 2.24) is 5.32 Å². The Labute approximate surface area is 114 Å². The van der Waals surface area contributed by atoms with E-state index < -0.39 is 0 Å². The minimum atomic E-state index is -0.00670. The molecule has 5 heteroatoms. The number of anilines is 1. The molecule has 1 aromatic carbocycles. The van der Waals surface area contributed by atoms with Crippen LogP contribution in [0.25, 0.3) is 0 Å². The van der Waals surface area contributed by atoms with E-state index in [1.54, 1.807) is 0 Å². The van der Waals surface area contributed by atoms with Gasteiger partial charge in [-0.25, -0.2) is 0 Å². The second-order valence-corrected chi connectivity index (χ2v) is 4.26. The second-order valence-electron chi connectivity index (χ2n) is 4.26. The SMILES string of the molecule is Cc1ccccc1NC(=O)CC1CNCCO1.Cl. The van der Waals surface area contributed by atoms with Crippen molar-refractivity contribution in [2.24, 2.45) is 0 Å². The van der Waals surface area contributed by atoms with Gasteiger partial charge in [-0.3, -0.25) is 4.79 Å². The molecule has 1 atom stereocenters. The van der Waals surface area contributed by atoms with E-state index >= 15 is 0 Å². The van der Waals surface area contributed by atoms with Gasteiger partial charge >= 0.3 is 0 Å². The van der Waals surface area contributed by atoms with Gasteiger partial charge in [0.15, 0.2) is 0 Å². The Morgan fingerprint density at radius 1 is 1.50 bits per heavy atom. The van der Waals surface area contributed by atoms with Crippen LogP contribution in [0.3, 0.4) is 0 Å². The molecule has 0 aliphatic carbocycles. The predicted molar refractivity (Wildman–Crippen MR) is 74.3 cm³/mol. The minimum Gasteiger partial charge on any atom is -0.375 e. The van der Waals surface area contributed by atoms with Gasteiger partial charge in [0.1, 0.15) is 0 Å². The second kappa shape index (κ2) is 7.36. The highest BCUT2D eigenvalue weighted by molar-refractivity contribution is 5.91. The number of ether oxygens (including phenoxy) is 1. The van der Waals surface area contributed by atoms with E-state index in [0.717, 1.165) is 24.3 Å². The summed E-state index contributed by atoms with van der Waals surface area (Å²) in [5, 5.41) is 6.12. The average Bonchev–Trinajstić information content (AvgIpc) is 2.33. The number of hydrogen-bond donors (Lipinski definition) is 2. The quantitative estimate of drug-likeness (QED) is 0.880. The lowest BCUT2D eigenvalue weighted by atomic mass is 10.1. The molecule has 4 nitrogen and oxygen atoms in total. The Balaban J connectivity index is 0.00000162. The van der Waals surface area contributed by atoms with Crippen LogP contribution in [-0.4, -0.2) is 31.7 Å². The molecular weight excluding hydrogens is 252 g/mol. The van der Waals surface area contributed by atoms with Crippen molar-refractivity contribution in [3.8, 4) is 0 Å². The number of carbonyl (C=O) groups excluding carboxylic acids is 1. The summed E-state index contributed by atoms with van der Waals surface area (Å²) in [7, 11) is 0. The maximum atomic E-state index is 11.8. The summed E-state index contributed by atoms with van der Waals surface area (Å²) >= 11 is 0. The standard InChI is InChI=1S/C13H18N2O2.ClH/c1-10-4-2-3-5-12(10)15-13(16)8-11-9-14-6-7-17-11;/h2-5,11,14H,6-9H2,1H3,(H,15,16);1H. The zero-order valence-electron chi connectivity index (χ0n) is 10.4. The van der Waals surface area contributed by atoms with E-state index in [-0.39, 0.29) is 24.4 Å². The molecule has 2 N–H and O–H groups in total. The van der Waals surface area contributed by atoms with Crippen molar-refractivity contribution in [2.75, 3.05) is 25.0 Å². The van der Waals surface area contributed by atoms with Crippen LogP contribution in [-0.2, 0) is 9.53 Å². The monoisotopic (exact) mass is 270 g/mol. The number of benzene rings is 1. The fourth-order valence-electron chi connectivity index (χ4n) is 1.87. The number of morpholine rings is 1. The number of rotatable bonds is 3. The third kappa shape index (κ3) is 4.29. The Bertz CT molecular complexity index is 392. The van der Waals surface area contributed by atoms with Gasteiger partial charge in [0.2, 0.25) is 5.91 Å². The van der Waals surface area contributed by atoms with Gasteiger partial charge < -0.3 is 15.4 Å². The first-order chi connectivity index (χ1) is 8.25. The van der Waals surface area contributed by atoms with E-state index in [1.165, 1.54) is 0 Å². The number of halogens is 1. The summed E-state index contributed by atoms with van der Waals surface area (Å²) in [6.07, 6.45) is 0.397. The Kier molecular flexibility index (Phi) is 6.12. The molecule has 1 saturated heterocycles. The fourth-order valence-corrected chi connectivity index (χ4v) is 1.87. The molecule has 1 unspecified atom stereocenters. The molecule has 0 saturated carbocycles. The summed E-state index contributed by atoms with van der Waals surface area (Å²) in [6.45, 7) is 4.29. The van der Waals surface area contributed by atoms with Crippen molar-refractivity contribution in [1.29, 1.82) is 0 Å². The molecule has 1 amide bonds. The van der Waals surface area contributed by atoms with Crippen molar-refractivity contribution < 1.29 is 9.53 Å². The number of hydrogen-bond acceptors (Lipinski definition) is 3. The molecule has 2 rings (SSSR count). The van der Waals surface area contributed by atoms with Crippen LogP contribution in [0.15, 0.2) is 24.3 Å². The first-order valence-corrected chi connectivity index (χ1v) is 5.93. The lowest BCUT2D eigenvalue weighted by molar-refractivity contribution is -0.119. The zero-order valence-corrected chi connectivity index (χ0v) is 11.3. The van der Waals surface area contributed by atoms with Crippen LogP contribution in [0.4, 0.5) is 5.69 Å². The van der Waals surface area contributed by atoms with E-state index in [0.29, 0.717) is 13.0 Å². The lowest BCUT2D eigenvalue weighted by Crippen LogP contribution is -2.40. The molecule has 18 heavy (non-hydrogen) atoms. The van der Waals surface area contributed by atoms with Crippen molar-refractivity contribution in [2.45, 2.75) is 19.4 Å². The number of para-hydroxylation sites is 1. The highest BCUT2D eigenvalue weighted by Crippen LogP contribution is 2.14. The molecule has 1 heterocycles. The molecular formula is C13H19ClN2O2. The van der Waals surface area contributed by atoms with E-state index in [2.05, 4.69) is 10.6 Å². The van der Waals surface area contributed by atoms with Crippen molar-refractivity contribution in [3.05, 3.63) is 29.8 Å². The molecule has 0 aromatic heterocycles. The zero-order chi connectivity index (χ0) is 12.1. The summed E-state index contributed by atoms with van der Waals surface area (Å²) in [6, 6.07) is 7.77. The third-order valence-electron chi connectivity index (χ3n) is 2.84. The minimum absolute atomic E-state index is 0. The summed E-state index contributed by atoms with van der Waals surface area (Å²) in [5.41, 5.74) is 1.95. The van der Waals surface area contributed by atoms with Crippen LogP contribution in [0.5, 0.6) is 0 Å². The molecule has 1 aromatic rings. The van der Waals surface area contributed by atoms with Crippen LogP contribution in [0, 0.1) is 6.92 Å². The molecule has 0 radical (unpaired) electrons. The van der Waals surface area contributed by atoms with Crippen molar-refractivity contribution >= 4 is 24.0 Å². The van der Waals surface area contributed by atoms with Crippen LogP contribution >= 0.6 is 12.4 Å². The molecule has 0 bridgehead atoms. The Morgan fingerprint density at radius 2 is 2.28 bits per heavy atom. The van der Waals surface area contributed by atoms with E-state index in [9.17, 15) is 4.79 Å². The fraction of sp³-hybridized carbons (Fsp3) is 0.462. The van der Waals surface area contributed by atoms with E-state index in [4.69, 9.17) is 4.74 Å². The van der Waals surface area contributed by atoms with Crippen LogP contribution in [0.2, 0.25) is 0 Å². The number of carbonyl (C=O) groups is 1. The highest BCUT2D eigenvalue weighted by Gasteiger charge is 2.17. The number of amides is 1. The summed E-state index contributed by atoms with van der Waals surface area (Å²) in [5.74, 6) is 0.00741. The molecule has 1 fully saturated rings. The Hall–Kier alpha value is -1.10. The molecule has 1 aliphatic heterocycles. The van der Waals surface area contributed by atoms with Gasteiger partial charge in [-0.05, 0) is 18.6 Å². The summed E-state index contributed by atoms with van der Waals surface area (Å²) in [4.78, 5) is 11.8. The predicted octanol–water partition coefficient (Wildman–Crippen LogP) is 1.73. The van der Waals surface area contributed by atoms with Gasteiger partial charge in [-0.2, -0.15) is 0 Å². The van der Waals surface area contributed by atoms with Gasteiger partial charge in [0, 0.05) is 18.8 Å². The van der Waals surface area contributed by atoms with Gasteiger partial charge in [-0.1, -0.05) is 18.2 Å². The number of nitrogens with one attached hydrogen (secondary N) is 2. The maximum Gasteiger partial charge on any atom is 0.227 e. The maximum absolute atomic E-state index is 11.8. The number of aryl methyl sites for hydroxylation is 1. The highest BCUT2D eigenvalue weighted by atomic mass is 35.5. The first-order valence-electron chi connectivity index (χ1n) is 5.93. The lowest BCUT2D eigenvalue weighted by Gasteiger charge is -2.23. The molecule has 100 valence electrons. The van der Waals surface area contributed by atoms with Gasteiger partial charge in [0.25, 0.3) is 0 Å².